The second-order valence-electron chi connectivity index (χ2n) is 5.57. The van der Waals surface area contributed by atoms with Crippen LogP contribution in [0.2, 0.25) is 0 Å². The van der Waals surface area contributed by atoms with E-state index in [1.54, 1.807) is 30.0 Å². The fraction of sp³-hybridized carbons (Fsp3) is 0.278. The number of rotatable bonds is 7. The first-order valence-corrected chi connectivity index (χ1v) is 8.03. The average molecular weight is 340 g/mol. The van der Waals surface area contributed by atoms with Crippen LogP contribution in [0, 0.1) is 6.92 Å². The Morgan fingerprint density at radius 3 is 2.92 bits per heavy atom. The highest BCUT2D eigenvalue weighted by Crippen LogP contribution is 2.12. The molecule has 3 aromatic rings. The SMILES string of the molecule is COCCCn1c(N/N=C\c2ccc(C)o2)nc2ccccc2c1=O. The molecule has 0 saturated heterocycles. The number of benzene rings is 1. The number of fused-ring (bicyclic) bond motifs is 1. The lowest BCUT2D eigenvalue weighted by molar-refractivity contribution is 0.190. The predicted octanol–water partition coefficient (Wildman–Crippen LogP) is 2.78. The van der Waals surface area contributed by atoms with Gasteiger partial charge in [-0.25, -0.2) is 10.4 Å². The Kier molecular flexibility index (Phi) is 5.25. The number of methoxy groups -OCH3 is 1. The summed E-state index contributed by atoms with van der Waals surface area (Å²) in [4.78, 5) is 17.3. The lowest BCUT2D eigenvalue weighted by Crippen LogP contribution is -2.24. The molecule has 0 aliphatic rings. The monoisotopic (exact) mass is 340 g/mol. The van der Waals surface area contributed by atoms with Crippen molar-refractivity contribution in [2.75, 3.05) is 19.1 Å². The van der Waals surface area contributed by atoms with Gasteiger partial charge in [0.05, 0.1) is 17.1 Å². The molecule has 7 heteroatoms. The van der Waals surface area contributed by atoms with Gasteiger partial charge in [-0.3, -0.25) is 9.36 Å². The van der Waals surface area contributed by atoms with E-state index in [0.717, 1.165) is 5.76 Å². The molecule has 2 aromatic heterocycles. The minimum atomic E-state index is -0.103. The molecular formula is C18H20N4O3. The summed E-state index contributed by atoms with van der Waals surface area (Å²) in [6.45, 7) is 2.92. The van der Waals surface area contributed by atoms with Crippen molar-refractivity contribution in [3.8, 4) is 0 Å². The van der Waals surface area contributed by atoms with Crippen LogP contribution in [0.25, 0.3) is 10.9 Å². The van der Waals surface area contributed by atoms with E-state index in [1.165, 1.54) is 0 Å². The average Bonchev–Trinajstić information content (AvgIpc) is 3.03. The van der Waals surface area contributed by atoms with E-state index >= 15 is 0 Å². The Morgan fingerprint density at radius 1 is 1.32 bits per heavy atom. The fourth-order valence-electron chi connectivity index (χ4n) is 2.50. The van der Waals surface area contributed by atoms with Crippen LogP contribution >= 0.6 is 0 Å². The summed E-state index contributed by atoms with van der Waals surface area (Å²) in [6.07, 6.45) is 2.25. The van der Waals surface area contributed by atoms with E-state index in [2.05, 4.69) is 15.5 Å². The number of para-hydroxylation sites is 1. The lowest BCUT2D eigenvalue weighted by Gasteiger charge is -2.12. The number of aryl methyl sites for hydroxylation is 1. The number of hydrazone groups is 1. The molecule has 7 nitrogen and oxygen atoms in total. The number of ether oxygens (including phenoxy) is 1. The molecule has 3 rings (SSSR count). The van der Waals surface area contributed by atoms with Crippen LogP contribution in [0.5, 0.6) is 0 Å². The van der Waals surface area contributed by atoms with Crippen LogP contribution in [-0.4, -0.2) is 29.5 Å². The van der Waals surface area contributed by atoms with E-state index in [4.69, 9.17) is 9.15 Å². The zero-order chi connectivity index (χ0) is 17.6. The number of furan rings is 1. The van der Waals surface area contributed by atoms with E-state index in [0.29, 0.717) is 42.2 Å². The topological polar surface area (TPSA) is 81.7 Å². The standard InChI is InChI=1S/C18H20N4O3/c1-13-8-9-14(25-13)12-19-21-18-20-16-7-4-3-6-15(16)17(23)22(18)10-5-11-24-2/h3-4,6-9,12H,5,10-11H2,1-2H3,(H,20,21)/b19-12-. The summed E-state index contributed by atoms with van der Waals surface area (Å²) < 4.78 is 12.1. The number of nitrogens with one attached hydrogen (secondary N) is 1. The van der Waals surface area contributed by atoms with Gasteiger partial charge in [-0.1, -0.05) is 12.1 Å². The molecule has 0 fully saturated rings. The van der Waals surface area contributed by atoms with Crippen LogP contribution < -0.4 is 11.0 Å². The predicted molar refractivity (Wildman–Crippen MR) is 97.2 cm³/mol. The van der Waals surface area contributed by atoms with Crippen molar-refractivity contribution in [3.05, 3.63) is 58.3 Å². The zero-order valence-electron chi connectivity index (χ0n) is 14.2. The lowest BCUT2D eigenvalue weighted by atomic mass is 10.2. The van der Waals surface area contributed by atoms with Gasteiger partial charge < -0.3 is 9.15 Å². The van der Waals surface area contributed by atoms with Gasteiger partial charge in [0.25, 0.3) is 5.56 Å². The number of hydrogen-bond donors (Lipinski definition) is 1. The molecule has 0 amide bonds. The Hall–Kier alpha value is -2.93. The van der Waals surface area contributed by atoms with Crippen molar-refractivity contribution in [3.63, 3.8) is 0 Å². The highest BCUT2D eigenvalue weighted by atomic mass is 16.5. The first-order valence-electron chi connectivity index (χ1n) is 8.03. The molecule has 0 spiro atoms. The molecule has 0 unspecified atom stereocenters. The molecule has 0 bridgehead atoms. The van der Waals surface area contributed by atoms with Gasteiger partial charge in [0.15, 0.2) is 0 Å². The molecule has 0 aliphatic heterocycles. The zero-order valence-corrected chi connectivity index (χ0v) is 14.2. The normalized spacial score (nSPS) is 11.4. The first kappa shape index (κ1) is 16.9. The van der Waals surface area contributed by atoms with Gasteiger partial charge in [-0.15, -0.1) is 0 Å². The minimum Gasteiger partial charge on any atom is -0.460 e. The molecule has 0 atom stereocenters. The summed E-state index contributed by atoms with van der Waals surface area (Å²) >= 11 is 0. The Bertz CT molecular complexity index is 943. The number of anilines is 1. The van der Waals surface area contributed by atoms with Crippen LogP contribution in [-0.2, 0) is 11.3 Å². The van der Waals surface area contributed by atoms with E-state index in [1.807, 2.05) is 31.2 Å². The summed E-state index contributed by atoms with van der Waals surface area (Å²) in [7, 11) is 1.64. The van der Waals surface area contributed by atoms with Gasteiger partial charge in [0.2, 0.25) is 5.95 Å². The van der Waals surface area contributed by atoms with Crippen molar-refractivity contribution in [1.29, 1.82) is 0 Å². The molecule has 0 saturated carbocycles. The Balaban J connectivity index is 1.92. The summed E-state index contributed by atoms with van der Waals surface area (Å²) in [6, 6.07) is 10.9. The van der Waals surface area contributed by atoms with Crippen molar-refractivity contribution < 1.29 is 9.15 Å². The van der Waals surface area contributed by atoms with Crippen molar-refractivity contribution in [2.45, 2.75) is 19.9 Å². The third-order valence-electron chi connectivity index (χ3n) is 3.71. The molecule has 2 heterocycles. The van der Waals surface area contributed by atoms with Gasteiger partial charge in [-0.05, 0) is 37.6 Å². The van der Waals surface area contributed by atoms with Gasteiger partial charge in [0.1, 0.15) is 11.5 Å². The second-order valence-corrected chi connectivity index (χ2v) is 5.57. The Labute approximate surface area is 144 Å². The molecule has 1 aromatic carbocycles. The van der Waals surface area contributed by atoms with Crippen molar-refractivity contribution >= 4 is 23.1 Å². The van der Waals surface area contributed by atoms with Crippen molar-refractivity contribution in [2.24, 2.45) is 5.10 Å². The van der Waals surface area contributed by atoms with Gasteiger partial charge >= 0.3 is 0 Å². The molecule has 130 valence electrons. The summed E-state index contributed by atoms with van der Waals surface area (Å²) in [5.41, 5.74) is 3.37. The molecular weight excluding hydrogens is 320 g/mol. The maximum atomic E-state index is 12.8. The number of nitrogens with zero attached hydrogens (tertiary/aromatic N) is 3. The third-order valence-corrected chi connectivity index (χ3v) is 3.71. The maximum absolute atomic E-state index is 12.8. The van der Waals surface area contributed by atoms with Crippen molar-refractivity contribution in [1.82, 2.24) is 9.55 Å². The second kappa shape index (κ2) is 7.76. The third kappa shape index (κ3) is 3.95. The van der Waals surface area contributed by atoms with E-state index in [9.17, 15) is 4.79 Å². The van der Waals surface area contributed by atoms with Gasteiger partial charge in [-0.2, -0.15) is 5.10 Å². The quantitative estimate of drug-likeness (QED) is 0.406. The fourth-order valence-corrected chi connectivity index (χ4v) is 2.50. The van der Waals surface area contributed by atoms with Crippen LogP contribution in [0.3, 0.4) is 0 Å². The first-order chi connectivity index (χ1) is 12.2. The Morgan fingerprint density at radius 2 is 2.16 bits per heavy atom. The maximum Gasteiger partial charge on any atom is 0.262 e. The van der Waals surface area contributed by atoms with Crippen LogP contribution in [0.4, 0.5) is 5.95 Å². The van der Waals surface area contributed by atoms with Crippen LogP contribution in [0.15, 0.2) is 50.7 Å². The van der Waals surface area contributed by atoms with E-state index in [-0.39, 0.29) is 5.56 Å². The molecule has 0 radical (unpaired) electrons. The highest BCUT2D eigenvalue weighted by molar-refractivity contribution is 5.79. The highest BCUT2D eigenvalue weighted by Gasteiger charge is 2.10. The largest absolute Gasteiger partial charge is 0.460 e. The molecule has 1 N–H and O–H groups in total. The number of aromatic nitrogens is 2. The minimum absolute atomic E-state index is 0.103. The number of hydrogen-bond acceptors (Lipinski definition) is 6. The summed E-state index contributed by atoms with van der Waals surface area (Å²) in [5, 5.41) is 4.72. The van der Waals surface area contributed by atoms with Crippen LogP contribution in [0.1, 0.15) is 17.9 Å². The van der Waals surface area contributed by atoms with E-state index < -0.39 is 0 Å². The van der Waals surface area contributed by atoms with Gasteiger partial charge in [0, 0.05) is 20.3 Å². The molecule has 0 aliphatic carbocycles. The summed E-state index contributed by atoms with van der Waals surface area (Å²) in [5.74, 6) is 1.82. The smallest absolute Gasteiger partial charge is 0.262 e. The molecule has 25 heavy (non-hydrogen) atoms.